The van der Waals surface area contributed by atoms with E-state index in [1.165, 1.54) is 0 Å². The van der Waals surface area contributed by atoms with Gasteiger partial charge >= 0.3 is 5.97 Å². The van der Waals surface area contributed by atoms with Crippen LogP contribution in [0.2, 0.25) is 0 Å². The van der Waals surface area contributed by atoms with E-state index < -0.39 is 5.97 Å². The number of benzene rings is 1. The Labute approximate surface area is 108 Å². The van der Waals surface area contributed by atoms with Crippen molar-refractivity contribution >= 4 is 17.3 Å². The molecule has 1 rings (SSSR count). The van der Waals surface area contributed by atoms with E-state index >= 15 is 0 Å². The van der Waals surface area contributed by atoms with Gasteiger partial charge in [-0.3, -0.25) is 0 Å². The Morgan fingerprint density at radius 1 is 1.50 bits per heavy atom. The minimum atomic E-state index is -1.00. The molecule has 0 aliphatic heterocycles. The van der Waals surface area contributed by atoms with Crippen LogP contribution in [0.4, 0.5) is 11.4 Å². The highest BCUT2D eigenvalue weighted by Gasteiger charge is 2.12. The molecule has 1 aromatic carbocycles. The van der Waals surface area contributed by atoms with E-state index in [2.05, 4.69) is 17.1 Å². The number of nitrogens with two attached hydrogens (primary N) is 1. The van der Waals surface area contributed by atoms with Gasteiger partial charge in [-0.15, -0.1) is 0 Å². The first-order chi connectivity index (χ1) is 8.32. The first-order valence-electron chi connectivity index (χ1n) is 5.86. The fourth-order valence-electron chi connectivity index (χ4n) is 1.53. The number of aryl methyl sites for hydroxylation is 1. The van der Waals surface area contributed by atoms with Crippen molar-refractivity contribution in [1.82, 2.24) is 4.90 Å². The maximum absolute atomic E-state index is 11.1. The third-order valence-electron chi connectivity index (χ3n) is 3.10. The second-order valence-electron chi connectivity index (χ2n) is 4.75. The minimum Gasteiger partial charge on any atom is -0.478 e. The maximum atomic E-state index is 11.1. The van der Waals surface area contributed by atoms with Gasteiger partial charge in [-0.2, -0.15) is 0 Å². The zero-order valence-corrected chi connectivity index (χ0v) is 11.3. The molecule has 1 atom stereocenters. The van der Waals surface area contributed by atoms with Crippen molar-refractivity contribution in [3.05, 3.63) is 23.3 Å². The van der Waals surface area contributed by atoms with E-state index in [0.29, 0.717) is 11.7 Å². The van der Waals surface area contributed by atoms with Crippen LogP contribution in [-0.2, 0) is 0 Å². The predicted molar refractivity (Wildman–Crippen MR) is 74.2 cm³/mol. The van der Waals surface area contributed by atoms with E-state index in [9.17, 15) is 4.79 Å². The molecule has 5 heteroatoms. The molecule has 0 amide bonds. The quantitative estimate of drug-likeness (QED) is 0.693. The number of nitrogens with one attached hydrogen (secondary N) is 1. The number of carboxylic acids is 1. The first-order valence-corrected chi connectivity index (χ1v) is 5.86. The van der Waals surface area contributed by atoms with Crippen LogP contribution >= 0.6 is 0 Å². The van der Waals surface area contributed by atoms with E-state index in [4.69, 9.17) is 10.8 Å². The van der Waals surface area contributed by atoms with E-state index in [1.807, 2.05) is 27.1 Å². The van der Waals surface area contributed by atoms with Crippen molar-refractivity contribution in [2.45, 2.75) is 19.9 Å². The summed E-state index contributed by atoms with van der Waals surface area (Å²) in [5.41, 5.74) is 7.77. The lowest BCUT2D eigenvalue weighted by atomic mass is 10.1. The number of nitrogen functional groups attached to an aromatic ring is 1. The molecule has 0 heterocycles. The Balaban J connectivity index is 2.88. The molecular formula is C13H21N3O2. The maximum Gasteiger partial charge on any atom is 0.337 e. The Bertz CT molecular complexity index is 444. The van der Waals surface area contributed by atoms with Gasteiger partial charge in [0.1, 0.15) is 0 Å². The number of carbonyl (C=O) groups is 1. The van der Waals surface area contributed by atoms with Gasteiger partial charge in [0.15, 0.2) is 0 Å². The molecule has 1 unspecified atom stereocenters. The molecule has 5 nitrogen and oxygen atoms in total. The highest BCUT2D eigenvalue weighted by Crippen LogP contribution is 2.22. The van der Waals surface area contributed by atoms with E-state index in [1.54, 1.807) is 6.07 Å². The third-order valence-corrected chi connectivity index (χ3v) is 3.10. The third kappa shape index (κ3) is 3.37. The van der Waals surface area contributed by atoms with Crippen LogP contribution in [0.5, 0.6) is 0 Å². The molecule has 0 radical (unpaired) electrons. The molecule has 4 N–H and O–H groups in total. The number of hydrogen-bond acceptors (Lipinski definition) is 4. The van der Waals surface area contributed by atoms with Gasteiger partial charge in [0.2, 0.25) is 0 Å². The zero-order chi connectivity index (χ0) is 13.9. The van der Waals surface area contributed by atoms with Crippen LogP contribution in [0.1, 0.15) is 22.8 Å². The standard InChI is InChI=1S/C13H21N3O2/c1-8-5-10(15-7-9(2)16(3)4)6-11(12(8)14)13(17)18/h5-6,9,15H,7,14H2,1-4H3,(H,17,18). The molecular weight excluding hydrogens is 230 g/mol. The molecule has 0 aliphatic rings. The van der Waals surface area contributed by atoms with Gasteiger partial charge < -0.3 is 21.1 Å². The lowest BCUT2D eigenvalue weighted by Crippen LogP contribution is -2.31. The normalized spacial score (nSPS) is 12.5. The van der Waals surface area contributed by atoms with E-state index in [-0.39, 0.29) is 5.56 Å². The lowest BCUT2D eigenvalue weighted by molar-refractivity contribution is 0.0698. The van der Waals surface area contributed by atoms with Gasteiger partial charge in [0.05, 0.1) is 5.56 Å². The average Bonchev–Trinajstić information content (AvgIpc) is 2.29. The Hall–Kier alpha value is -1.75. The largest absolute Gasteiger partial charge is 0.478 e. The molecule has 18 heavy (non-hydrogen) atoms. The number of likely N-dealkylation sites (N-methyl/N-ethyl adjacent to an activating group) is 1. The number of nitrogens with zero attached hydrogens (tertiary/aromatic N) is 1. The smallest absolute Gasteiger partial charge is 0.337 e. The first kappa shape index (κ1) is 14.3. The summed E-state index contributed by atoms with van der Waals surface area (Å²) in [6, 6.07) is 3.80. The summed E-state index contributed by atoms with van der Waals surface area (Å²) in [5, 5.41) is 12.3. The SMILES string of the molecule is Cc1cc(NCC(C)N(C)C)cc(C(=O)O)c1N. The molecule has 100 valence electrons. The Kier molecular flexibility index (Phi) is 4.55. The number of anilines is 2. The monoisotopic (exact) mass is 251 g/mol. The molecule has 0 saturated carbocycles. The van der Waals surface area contributed by atoms with Crippen molar-refractivity contribution in [2.75, 3.05) is 31.7 Å². The van der Waals surface area contributed by atoms with Crippen molar-refractivity contribution in [3.8, 4) is 0 Å². The predicted octanol–water partition coefficient (Wildman–Crippen LogP) is 1.64. The average molecular weight is 251 g/mol. The summed E-state index contributed by atoms with van der Waals surface area (Å²) in [5.74, 6) is -1.00. The fraction of sp³-hybridized carbons (Fsp3) is 0.462. The Morgan fingerprint density at radius 3 is 2.61 bits per heavy atom. The van der Waals surface area contributed by atoms with Gasteiger partial charge in [0.25, 0.3) is 0 Å². The van der Waals surface area contributed by atoms with Crippen LogP contribution in [0.15, 0.2) is 12.1 Å². The molecule has 1 aromatic rings. The second kappa shape index (κ2) is 5.73. The fourth-order valence-corrected chi connectivity index (χ4v) is 1.53. The van der Waals surface area contributed by atoms with Crippen LogP contribution < -0.4 is 11.1 Å². The Morgan fingerprint density at radius 2 is 2.11 bits per heavy atom. The van der Waals surface area contributed by atoms with Crippen molar-refractivity contribution in [3.63, 3.8) is 0 Å². The van der Waals surface area contributed by atoms with Gasteiger partial charge in [-0.05, 0) is 45.6 Å². The van der Waals surface area contributed by atoms with E-state index in [0.717, 1.165) is 17.8 Å². The molecule has 0 bridgehead atoms. The summed E-state index contributed by atoms with van der Waals surface area (Å²) >= 11 is 0. The number of aromatic carboxylic acids is 1. The van der Waals surface area contributed by atoms with Gasteiger partial charge in [-0.25, -0.2) is 4.79 Å². The van der Waals surface area contributed by atoms with Crippen LogP contribution in [0.3, 0.4) is 0 Å². The summed E-state index contributed by atoms with van der Waals surface area (Å²) in [6.45, 7) is 4.65. The molecule has 0 saturated heterocycles. The van der Waals surface area contributed by atoms with Gasteiger partial charge in [-0.1, -0.05) is 0 Å². The van der Waals surface area contributed by atoms with Crippen molar-refractivity contribution < 1.29 is 9.90 Å². The van der Waals surface area contributed by atoms with Crippen LogP contribution in [0, 0.1) is 6.92 Å². The van der Waals surface area contributed by atoms with Crippen LogP contribution in [-0.4, -0.2) is 42.7 Å². The highest BCUT2D eigenvalue weighted by molar-refractivity contribution is 5.95. The highest BCUT2D eigenvalue weighted by atomic mass is 16.4. The van der Waals surface area contributed by atoms with Crippen molar-refractivity contribution in [1.29, 1.82) is 0 Å². The lowest BCUT2D eigenvalue weighted by Gasteiger charge is -2.21. The number of carboxylic acid groups (broad SMARTS) is 1. The van der Waals surface area contributed by atoms with Crippen LogP contribution in [0.25, 0.3) is 0 Å². The summed E-state index contributed by atoms with van der Waals surface area (Å²) in [6.07, 6.45) is 0. The second-order valence-corrected chi connectivity index (χ2v) is 4.75. The molecule has 0 spiro atoms. The molecule has 0 aromatic heterocycles. The number of hydrogen-bond donors (Lipinski definition) is 3. The summed E-state index contributed by atoms with van der Waals surface area (Å²) in [7, 11) is 4.01. The minimum absolute atomic E-state index is 0.148. The van der Waals surface area contributed by atoms with Gasteiger partial charge in [0, 0.05) is 24.0 Å². The number of rotatable bonds is 5. The zero-order valence-electron chi connectivity index (χ0n) is 11.3. The topological polar surface area (TPSA) is 78.6 Å². The summed E-state index contributed by atoms with van der Waals surface area (Å²) < 4.78 is 0. The van der Waals surface area contributed by atoms with Crippen molar-refractivity contribution in [2.24, 2.45) is 0 Å². The summed E-state index contributed by atoms with van der Waals surface area (Å²) in [4.78, 5) is 13.1. The molecule has 0 aliphatic carbocycles. The molecule has 0 fully saturated rings.